The van der Waals surface area contributed by atoms with Crippen LogP contribution in [0.4, 0.5) is 33.1 Å². The average molecular weight is 458 g/mol. The Morgan fingerprint density at radius 3 is 1.91 bits per heavy atom. The molecule has 8 heteroatoms. The summed E-state index contributed by atoms with van der Waals surface area (Å²) in [6.45, 7) is 3.86. The number of hydrogen-bond donors (Lipinski definition) is 3. The van der Waals surface area contributed by atoms with Crippen LogP contribution in [0.15, 0.2) is 72.8 Å². The summed E-state index contributed by atoms with van der Waals surface area (Å²) < 4.78 is 18.8. The van der Waals surface area contributed by atoms with Crippen LogP contribution in [0.5, 0.6) is 5.75 Å². The van der Waals surface area contributed by atoms with Gasteiger partial charge in [0.05, 0.1) is 7.11 Å². The lowest BCUT2D eigenvalue weighted by atomic mass is 10.2. The van der Waals surface area contributed by atoms with E-state index in [1.165, 1.54) is 24.8 Å². The largest absolute Gasteiger partial charge is 0.494 e. The molecule has 3 aromatic carbocycles. The van der Waals surface area contributed by atoms with Crippen molar-refractivity contribution in [2.24, 2.45) is 0 Å². The van der Waals surface area contributed by atoms with Crippen molar-refractivity contribution in [1.29, 1.82) is 0 Å². The minimum absolute atomic E-state index is 0.0872. The lowest BCUT2D eigenvalue weighted by molar-refractivity contribution is 0.102. The highest BCUT2D eigenvalue weighted by molar-refractivity contribution is 6.04. The van der Waals surface area contributed by atoms with Crippen LogP contribution in [0.3, 0.4) is 0 Å². The number of hydrogen-bond acceptors (Lipinski definition) is 6. The van der Waals surface area contributed by atoms with Gasteiger partial charge in [-0.05, 0) is 68.4 Å². The number of carbonyl (C=O) groups excluding carboxylic acids is 1. The monoisotopic (exact) mass is 457 g/mol. The Morgan fingerprint density at radius 1 is 0.794 bits per heavy atom. The van der Waals surface area contributed by atoms with Crippen LogP contribution < -0.4 is 20.7 Å². The lowest BCUT2D eigenvalue weighted by Crippen LogP contribution is -2.12. The van der Waals surface area contributed by atoms with Crippen molar-refractivity contribution in [1.82, 2.24) is 9.97 Å². The van der Waals surface area contributed by atoms with E-state index < -0.39 is 11.7 Å². The molecular weight excluding hydrogens is 433 g/mol. The summed E-state index contributed by atoms with van der Waals surface area (Å²) in [5.74, 6) is 1.01. The predicted molar refractivity (Wildman–Crippen MR) is 132 cm³/mol. The molecule has 0 saturated carbocycles. The third-order valence-electron chi connectivity index (χ3n) is 4.99. The highest BCUT2D eigenvalue weighted by Gasteiger charge is 2.11. The Balaban J connectivity index is 1.42. The number of carbonyl (C=O) groups is 1. The van der Waals surface area contributed by atoms with Gasteiger partial charge < -0.3 is 20.7 Å². The van der Waals surface area contributed by atoms with E-state index in [-0.39, 0.29) is 11.3 Å². The van der Waals surface area contributed by atoms with Crippen LogP contribution in [0.1, 0.15) is 21.7 Å². The fourth-order valence-electron chi connectivity index (χ4n) is 3.28. The Hall–Kier alpha value is -4.46. The first kappa shape index (κ1) is 22.7. The van der Waals surface area contributed by atoms with Crippen molar-refractivity contribution < 1.29 is 13.9 Å². The molecule has 3 N–H and O–H groups in total. The van der Waals surface area contributed by atoms with Gasteiger partial charge in [-0.2, -0.15) is 0 Å². The SMILES string of the molecule is COc1ccc(C(=O)Nc2ccc(Nc3cc(Nc4ccc(C)cc4)nc(C)n3)cc2)cc1F. The fraction of sp³-hybridized carbons (Fsp3) is 0.115. The van der Waals surface area contributed by atoms with E-state index in [1.54, 1.807) is 12.1 Å². The molecular formula is C26H24FN5O2. The highest BCUT2D eigenvalue weighted by Crippen LogP contribution is 2.23. The van der Waals surface area contributed by atoms with Crippen molar-refractivity contribution >= 4 is 34.6 Å². The molecule has 34 heavy (non-hydrogen) atoms. The molecule has 1 aromatic heterocycles. The molecule has 0 bridgehead atoms. The first-order valence-electron chi connectivity index (χ1n) is 10.6. The molecule has 0 aliphatic rings. The first-order valence-corrected chi connectivity index (χ1v) is 10.6. The van der Waals surface area contributed by atoms with Gasteiger partial charge >= 0.3 is 0 Å². The zero-order valence-corrected chi connectivity index (χ0v) is 19.0. The van der Waals surface area contributed by atoms with Gasteiger partial charge in [-0.1, -0.05) is 17.7 Å². The minimum Gasteiger partial charge on any atom is -0.494 e. The average Bonchev–Trinajstić information content (AvgIpc) is 2.81. The van der Waals surface area contributed by atoms with Gasteiger partial charge in [0.1, 0.15) is 17.5 Å². The van der Waals surface area contributed by atoms with E-state index >= 15 is 0 Å². The number of rotatable bonds is 7. The van der Waals surface area contributed by atoms with E-state index in [9.17, 15) is 9.18 Å². The summed E-state index contributed by atoms with van der Waals surface area (Å²) >= 11 is 0. The van der Waals surface area contributed by atoms with Crippen molar-refractivity contribution in [3.8, 4) is 5.75 Å². The molecule has 0 saturated heterocycles. The predicted octanol–water partition coefficient (Wildman–Crippen LogP) is 5.98. The highest BCUT2D eigenvalue weighted by atomic mass is 19.1. The maximum Gasteiger partial charge on any atom is 0.255 e. The van der Waals surface area contributed by atoms with Crippen LogP contribution in [-0.4, -0.2) is 23.0 Å². The first-order chi connectivity index (χ1) is 16.4. The normalized spacial score (nSPS) is 10.5. The van der Waals surface area contributed by atoms with Crippen molar-refractivity contribution in [2.45, 2.75) is 13.8 Å². The Kier molecular flexibility index (Phi) is 6.68. The van der Waals surface area contributed by atoms with Crippen molar-refractivity contribution in [2.75, 3.05) is 23.1 Å². The van der Waals surface area contributed by atoms with Crippen molar-refractivity contribution in [3.05, 3.63) is 95.6 Å². The third kappa shape index (κ3) is 5.66. The van der Waals surface area contributed by atoms with Gasteiger partial charge in [0.2, 0.25) is 0 Å². The second kappa shape index (κ2) is 9.99. The summed E-state index contributed by atoms with van der Waals surface area (Å²) in [4.78, 5) is 21.3. The number of ether oxygens (including phenoxy) is 1. The molecule has 0 spiro atoms. The second-order valence-corrected chi connectivity index (χ2v) is 7.68. The number of amides is 1. The number of halogens is 1. The third-order valence-corrected chi connectivity index (χ3v) is 4.99. The van der Waals surface area contributed by atoms with Gasteiger partial charge in [-0.3, -0.25) is 4.79 Å². The van der Waals surface area contributed by atoms with Crippen LogP contribution in [0.25, 0.3) is 0 Å². The number of nitrogens with zero attached hydrogens (tertiary/aromatic N) is 2. The Morgan fingerprint density at radius 2 is 1.35 bits per heavy atom. The fourth-order valence-corrected chi connectivity index (χ4v) is 3.28. The molecule has 0 unspecified atom stereocenters. The molecule has 0 aliphatic carbocycles. The van der Waals surface area contributed by atoms with E-state index in [4.69, 9.17) is 4.74 Å². The second-order valence-electron chi connectivity index (χ2n) is 7.68. The van der Waals surface area contributed by atoms with E-state index in [0.29, 0.717) is 23.1 Å². The summed E-state index contributed by atoms with van der Waals surface area (Å²) in [6, 6.07) is 21.1. The molecule has 1 amide bonds. The molecule has 1 heterocycles. The van der Waals surface area contributed by atoms with Gasteiger partial charge in [0.25, 0.3) is 5.91 Å². The maximum absolute atomic E-state index is 13.9. The summed E-state index contributed by atoms with van der Waals surface area (Å²) in [7, 11) is 1.37. The zero-order valence-electron chi connectivity index (χ0n) is 19.0. The van der Waals surface area contributed by atoms with Crippen LogP contribution >= 0.6 is 0 Å². The topological polar surface area (TPSA) is 88.2 Å². The molecule has 0 radical (unpaired) electrons. The number of aromatic nitrogens is 2. The Labute approximate surface area is 197 Å². The van der Waals surface area contributed by atoms with Crippen LogP contribution in [0, 0.1) is 19.7 Å². The molecule has 4 aromatic rings. The molecule has 0 aliphatic heterocycles. The summed E-state index contributed by atoms with van der Waals surface area (Å²) in [5.41, 5.74) is 3.68. The van der Waals surface area contributed by atoms with Gasteiger partial charge in [0.15, 0.2) is 11.6 Å². The van der Waals surface area contributed by atoms with Crippen LogP contribution in [0.2, 0.25) is 0 Å². The smallest absolute Gasteiger partial charge is 0.255 e. The molecule has 0 fully saturated rings. The van der Waals surface area contributed by atoms with Crippen LogP contribution in [-0.2, 0) is 0 Å². The summed E-state index contributed by atoms with van der Waals surface area (Å²) in [5, 5.41) is 9.28. The van der Waals surface area contributed by atoms with Crippen molar-refractivity contribution in [3.63, 3.8) is 0 Å². The van der Waals surface area contributed by atoms with E-state index in [0.717, 1.165) is 17.4 Å². The molecule has 7 nitrogen and oxygen atoms in total. The minimum atomic E-state index is -0.592. The van der Waals surface area contributed by atoms with Gasteiger partial charge in [-0.15, -0.1) is 0 Å². The zero-order chi connectivity index (χ0) is 24.1. The number of methoxy groups -OCH3 is 1. The molecule has 4 rings (SSSR count). The number of aryl methyl sites for hydroxylation is 2. The Bertz CT molecular complexity index is 1310. The standard InChI is InChI=1S/C26H24FN5O2/c1-16-4-7-19(8-5-16)30-24-15-25(29-17(2)28-24)31-20-9-11-21(12-10-20)32-26(33)18-6-13-23(34-3)22(27)14-18/h4-15H,1-3H3,(H,32,33)(H2,28,29,30,31). The van der Waals surface area contributed by atoms with Gasteiger partial charge in [0, 0.05) is 28.7 Å². The van der Waals surface area contributed by atoms with E-state index in [2.05, 4.69) is 25.9 Å². The quantitative estimate of drug-likeness (QED) is 0.316. The van der Waals surface area contributed by atoms with Gasteiger partial charge in [-0.25, -0.2) is 14.4 Å². The lowest BCUT2D eigenvalue weighted by Gasteiger charge is -2.11. The summed E-state index contributed by atoms with van der Waals surface area (Å²) in [6.07, 6.45) is 0. The molecule has 0 atom stereocenters. The number of nitrogens with one attached hydrogen (secondary N) is 3. The number of benzene rings is 3. The van der Waals surface area contributed by atoms with E-state index in [1.807, 2.05) is 56.3 Å². The molecule has 172 valence electrons. The number of anilines is 5. The maximum atomic E-state index is 13.9.